The molecule has 0 aliphatic heterocycles. The second-order valence-corrected chi connectivity index (χ2v) is 8.13. The van der Waals surface area contributed by atoms with Gasteiger partial charge in [-0.15, -0.1) is 0 Å². The second kappa shape index (κ2) is 12.4. The van der Waals surface area contributed by atoms with E-state index >= 15 is 0 Å². The maximum absolute atomic E-state index is 11.7. The largest absolute Gasteiger partial charge is 0.507 e. The molecule has 0 bridgehead atoms. The van der Waals surface area contributed by atoms with Crippen molar-refractivity contribution < 1.29 is 24.2 Å². The molecule has 0 aliphatic rings. The van der Waals surface area contributed by atoms with Crippen LogP contribution in [0.4, 0.5) is 0 Å². The molecular formula is C29H30O5. The van der Waals surface area contributed by atoms with E-state index in [1.165, 1.54) is 14.2 Å². The van der Waals surface area contributed by atoms with Gasteiger partial charge in [-0.25, -0.2) is 9.59 Å². The summed E-state index contributed by atoms with van der Waals surface area (Å²) in [7, 11) is 2.75. The Labute approximate surface area is 200 Å². The summed E-state index contributed by atoms with van der Waals surface area (Å²) in [6.07, 6.45) is 7.68. The van der Waals surface area contributed by atoms with E-state index in [9.17, 15) is 14.7 Å². The zero-order valence-corrected chi connectivity index (χ0v) is 19.6. The van der Waals surface area contributed by atoms with Crippen LogP contribution in [0.25, 0.3) is 6.08 Å². The van der Waals surface area contributed by atoms with Crippen LogP contribution in [0.15, 0.2) is 78.9 Å². The molecule has 0 fully saturated rings. The number of phenols is 1. The number of phenolic OH excluding ortho intramolecular Hbond substituents is 1. The van der Waals surface area contributed by atoms with Gasteiger partial charge in [-0.1, -0.05) is 54.6 Å². The van der Waals surface area contributed by atoms with Crippen molar-refractivity contribution in [2.45, 2.75) is 25.7 Å². The molecule has 3 aromatic rings. The first-order valence-electron chi connectivity index (χ1n) is 11.3. The number of esters is 2. The fraction of sp³-hybridized carbons (Fsp3) is 0.241. The van der Waals surface area contributed by atoms with Crippen molar-refractivity contribution in [2.75, 3.05) is 14.2 Å². The van der Waals surface area contributed by atoms with Gasteiger partial charge in [0.1, 0.15) is 5.75 Å². The molecule has 5 heteroatoms. The molecule has 5 nitrogen and oxygen atoms in total. The number of methoxy groups -OCH3 is 2. The molecule has 0 aliphatic carbocycles. The minimum absolute atomic E-state index is 0.259. The number of aryl methyl sites for hydroxylation is 2. The van der Waals surface area contributed by atoms with Crippen molar-refractivity contribution in [3.63, 3.8) is 0 Å². The maximum Gasteiger partial charge on any atom is 0.337 e. The van der Waals surface area contributed by atoms with Crippen LogP contribution < -0.4 is 0 Å². The molecule has 0 atom stereocenters. The number of aromatic hydroxyl groups is 1. The van der Waals surface area contributed by atoms with Crippen molar-refractivity contribution in [3.8, 4) is 5.75 Å². The average molecular weight is 459 g/mol. The Morgan fingerprint density at radius 1 is 0.765 bits per heavy atom. The molecule has 0 radical (unpaired) electrons. The number of rotatable bonds is 10. The lowest BCUT2D eigenvalue weighted by Gasteiger charge is -2.14. The number of benzene rings is 3. The van der Waals surface area contributed by atoms with Crippen molar-refractivity contribution >= 4 is 18.0 Å². The van der Waals surface area contributed by atoms with Crippen LogP contribution in [0.3, 0.4) is 0 Å². The summed E-state index contributed by atoms with van der Waals surface area (Å²) in [4.78, 5) is 23.3. The molecule has 0 saturated carbocycles. The molecule has 0 aromatic heterocycles. The summed E-state index contributed by atoms with van der Waals surface area (Å²) >= 11 is 0. The molecule has 176 valence electrons. The van der Waals surface area contributed by atoms with Crippen LogP contribution in [0, 0.1) is 5.92 Å². The highest BCUT2D eigenvalue weighted by molar-refractivity contribution is 5.89. The fourth-order valence-electron chi connectivity index (χ4n) is 3.76. The Hall–Kier alpha value is -3.86. The lowest BCUT2D eigenvalue weighted by atomic mass is 9.92. The number of ether oxygens (including phenoxy) is 2. The minimum atomic E-state index is -0.340. The van der Waals surface area contributed by atoms with Gasteiger partial charge in [-0.3, -0.25) is 0 Å². The number of carbonyl (C=O) groups is 2. The molecule has 34 heavy (non-hydrogen) atoms. The smallest absolute Gasteiger partial charge is 0.337 e. The summed E-state index contributed by atoms with van der Waals surface area (Å²) in [6.45, 7) is 0. The van der Waals surface area contributed by atoms with Crippen LogP contribution in [0.2, 0.25) is 0 Å². The highest BCUT2D eigenvalue weighted by Gasteiger charge is 2.10. The Kier molecular flexibility index (Phi) is 9.04. The lowest BCUT2D eigenvalue weighted by molar-refractivity contribution is 0.0592. The van der Waals surface area contributed by atoms with Crippen molar-refractivity contribution in [2.24, 2.45) is 5.92 Å². The summed E-state index contributed by atoms with van der Waals surface area (Å²) in [5.74, 6) is -0.143. The predicted octanol–water partition coefficient (Wildman–Crippen LogP) is 5.86. The molecule has 3 aromatic carbocycles. The van der Waals surface area contributed by atoms with Crippen LogP contribution in [-0.2, 0) is 22.3 Å². The highest BCUT2D eigenvalue weighted by Crippen LogP contribution is 2.23. The molecule has 0 spiro atoms. The normalized spacial score (nSPS) is 11.0. The summed E-state index contributed by atoms with van der Waals surface area (Å²) in [5.41, 5.74) is 4.17. The molecule has 0 unspecified atom stereocenters. The molecule has 0 heterocycles. The molecular weight excluding hydrogens is 428 g/mol. The summed E-state index contributed by atoms with van der Waals surface area (Å²) < 4.78 is 9.53. The van der Waals surface area contributed by atoms with Gasteiger partial charge in [-0.2, -0.15) is 0 Å². The third-order valence-electron chi connectivity index (χ3n) is 5.84. The van der Waals surface area contributed by atoms with Gasteiger partial charge in [0.25, 0.3) is 0 Å². The zero-order valence-electron chi connectivity index (χ0n) is 19.6. The number of carbonyl (C=O) groups excluding carboxylic acids is 2. The van der Waals surface area contributed by atoms with E-state index in [-0.39, 0.29) is 23.6 Å². The number of hydrogen-bond acceptors (Lipinski definition) is 5. The summed E-state index contributed by atoms with van der Waals surface area (Å²) in [5, 5.41) is 10.1. The van der Waals surface area contributed by atoms with E-state index in [0.717, 1.165) is 42.4 Å². The predicted molar refractivity (Wildman–Crippen MR) is 133 cm³/mol. The molecule has 3 rings (SSSR count). The van der Waals surface area contributed by atoms with Crippen LogP contribution in [-0.4, -0.2) is 31.3 Å². The molecule has 0 saturated heterocycles. The standard InChI is InChI=1S/C29H30O5/c1-33-28(31)25-17-12-22(13-18-25)9-7-21(11-16-24-5-3-4-6-27(24)30)8-10-23-14-19-26(20-15-23)29(32)34-2/h3-6,11-21,30H,7-10H2,1-2H3. The van der Waals surface area contributed by atoms with E-state index in [1.807, 2.05) is 42.5 Å². The molecule has 0 amide bonds. The van der Waals surface area contributed by atoms with Gasteiger partial charge in [0.15, 0.2) is 0 Å². The third-order valence-corrected chi connectivity index (χ3v) is 5.84. The van der Waals surface area contributed by atoms with Gasteiger partial charge in [-0.05, 0) is 73.1 Å². The monoisotopic (exact) mass is 458 g/mol. The van der Waals surface area contributed by atoms with Crippen LogP contribution in [0.1, 0.15) is 50.2 Å². The quantitative estimate of drug-likeness (QED) is 0.385. The van der Waals surface area contributed by atoms with Crippen LogP contribution in [0.5, 0.6) is 5.75 Å². The Morgan fingerprint density at radius 2 is 1.24 bits per heavy atom. The van der Waals surface area contributed by atoms with Gasteiger partial charge >= 0.3 is 11.9 Å². The number of hydrogen-bond donors (Lipinski definition) is 1. The Morgan fingerprint density at radius 3 is 1.68 bits per heavy atom. The van der Waals surface area contributed by atoms with E-state index in [1.54, 1.807) is 36.4 Å². The first-order valence-corrected chi connectivity index (χ1v) is 11.3. The average Bonchev–Trinajstić information content (AvgIpc) is 2.88. The van der Waals surface area contributed by atoms with E-state index in [2.05, 4.69) is 6.08 Å². The van der Waals surface area contributed by atoms with E-state index < -0.39 is 0 Å². The van der Waals surface area contributed by atoms with Gasteiger partial charge in [0.2, 0.25) is 0 Å². The zero-order chi connectivity index (χ0) is 24.3. The van der Waals surface area contributed by atoms with Crippen molar-refractivity contribution in [1.82, 2.24) is 0 Å². The highest BCUT2D eigenvalue weighted by atomic mass is 16.5. The number of para-hydroxylation sites is 1. The minimum Gasteiger partial charge on any atom is -0.507 e. The van der Waals surface area contributed by atoms with Gasteiger partial charge in [0, 0.05) is 5.56 Å². The fourth-order valence-corrected chi connectivity index (χ4v) is 3.76. The Bertz CT molecular complexity index is 1050. The first kappa shape index (κ1) is 24.8. The third kappa shape index (κ3) is 7.07. The van der Waals surface area contributed by atoms with E-state index in [4.69, 9.17) is 9.47 Å². The second-order valence-electron chi connectivity index (χ2n) is 8.13. The van der Waals surface area contributed by atoms with Gasteiger partial charge < -0.3 is 14.6 Å². The lowest BCUT2D eigenvalue weighted by Crippen LogP contribution is -2.04. The maximum atomic E-state index is 11.7. The Balaban J connectivity index is 1.68. The first-order chi connectivity index (χ1) is 16.5. The van der Waals surface area contributed by atoms with E-state index in [0.29, 0.717) is 11.1 Å². The van der Waals surface area contributed by atoms with Gasteiger partial charge in [0.05, 0.1) is 25.3 Å². The summed E-state index contributed by atoms with van der Waals surface area (Å²) in [6, 6.07) is 22.3. The SMILES string of the molecule is COC(=O)c1ccc(CCC(C=Cc2ccccc2O)CCc2ccc(C(=O)OC)cc2)cc1. The van der Waals surface area contributed by atoms with Crippen molar-refractivity contribution in [1.29, 1.82) is 0 Å². The number of allylic oxidation sites excluding steroid dienone is 1. The molecule has 1 N–H and O–H groups in total. The van der Waals surface area contributed by atoms with Crippen LogP contribution >= 0.6 is 0 Å². The van der Waals surface area contributed by atoms with Crippen molar-refractivity contribution in [3.05, 3.63) is 107 Å². The topological polar surface area (TPSA) is 72.8 Å².